The third-order valence-corrected chi connectivity index (χ3v) is 5.83. The molecule has 0 aliphatic rings. The lowest BCUT2D eigenvalue weighted by Gasteiger charge is -2.16. The van der Waals surface area contributed by atoms with Crippen LogP contribution in [-0.4, -0.2) is 26.1 Å². The quantitative estimate of drug-likeness (QED) is 0.688. The fourth-order valence-corrected chi connectivity index (χ4v) is 3.98. The minimum absolute atomic E-state index is 0. The van der Waals surface area contributed by atoms with Crippen LogP contribution in [0, 0.1) is 13.8 Å². The van der Waals surface area contributed by atoms with E-state index in [1.807, 2.05) is 50.2 Å². The third-order valence-electron chi connectivity index (χ3n) is 4.24. The molecule has 0 saturated heterocycles. The van der Waals surface area contributed by atoms with Crippen molar-refractivity contribution in [3.05, 3.63) is 65.9 Å². The van der Waals surface area contributed by atoms with Gasteiger partial charge in [0.1, 0.15) is 12.4 Å². The van der Waals surface area contributed by atoms with Crippen molar-refractivity contribution in [1.82, 2.24) is 9.71 Å². The average molecular weight is 387 g/mol. The van der Waals surface area contributed by atoms with Crippen LogP contribution in [0.25, 0.3) is 10.9 Å². The maximum absolute atomic E-state index is 12.6. The van der Waals surface area contributed by atoms with Crippen molar-refractivity contribution >= 4 is 20.9 Å². The van der Waals surface area contributed by atoms with Crippen LogP contribution in [-0.2, 0) is 10.0 Å². The third kappa shape index (κ3) is 4.84. The lowest BCUT2D eigenvalue weighted by atomic mass is 10.1. The molecule has 0 spiro atoms. The van der Waals surface area contributed by atoms with Gasteiger partial charge in [-0.05, 0) is 68.3 Å². The van der Waals surface area contributed by atoms with Crippen LogP contribution in [0.3, 0.4) is 0 Å². The van der Waals surface area contributed by atoms with Crippen molar-refractivity contribution in [3.8, 4) is 5.75 Å². The average Bonchev–Trinajstić information content (AvgIpc) is 2.61. The first kappa shape index (κ1) is 20.9. The van der Waals surface area contributed by atoms with E-state index >= 15 is 0 Å². The predicted molar refractivity (Wildman–Crippen MR) is 110 cm³/mol. The maximum atomic E-state index is 12.6. The Morgan fingerprint density at radius 2 is 1.85 bits per heavy atom. The first-order valence-electron chi connectivity index (χ1n) is 8.43. The molecule has 1 aromatic heterocycles. The normalized spacial score (nSPS) is 12.4. The number of pyridine rings is 1. The molecule has 0 aliphatic carbocycles. The molecule has 1 atom stereocenters. The molecular formula is C21H26N2O3S. The summed E-state index contributed by atoms with van der Waals surface area (Å²) in [7, 11) is -3.59. The molecule has 3 rings (SSSR count). The van der Waals surface area contributed by atoms with Gasteiger partial charge in [0.15, 0.2) is 0 Å². The molecule has 0 radical (unpaired) electrons. The SMILES string of the molecule is C.Cc1ccc(S(=O)(=O)N[C@@H](C)COc2cccc3ncccc23)cc1C. The summed E-state index contributed by atoms with van der Waals surface area (Å²) in [6.45, 7) is 5.85. The number of rotatable bonds is 6. The van der Waals surface area contributed by atoms with E-state index < -0.39 is 10.0 Å². The van der Waals surface area contributed by atoms with Crippen molar-refractivity contribution in [1.29, 1.82) is 0 Å². The molecule has 3 aromatic rings. The van der Waals surface area contributed by atoms with Crippen molar-refractivity contribution < 1.29 is 13.2 Å². The van der Waals surface area contributed by atoms with E-state index in [0.717, 1.165) is 22.0 Å². The highest BCUT2D eigenvalue weighted by Crippen LogP contribution is 2.23. The van der Waals surface area contributed by atoms with Crippen LogP contribution in [0.15, 0.2) is 59.6 Å². The standard InChI is InChI=1S/C20H22N2O3S.CH4/c1-14-9-10-17(12-15(14)2)26(23,24)22-16(3)13-25-20-8-4-7-19-18(20)6-5-11-21-19;/h4-12,16,22H,13H2,1-3H3;1H4/t16-;/m0./s1. The Hall–Kier alpha value is -2.44. The molecule has 0 saturated carbocycles. The van der Waals surface area contributed by atoms with E-state index in [1.165, 1.54) is 0 Å². The Bertz CT molecular complexity index is 1030. The van der Waals surface area contributed by atoms with E-state index in [-0.39, 0.29) is 25.0 Å². The van der Waals surface area contributed by atoms with E-state index in [4.69, 9.17) is 4.74 Å². The van der Waals surface area contributed by atoms with Gasteiger partial charge < -0.3 is 4.74 Å². The number of aryl methyl sites for hydroxylation is 2. The molecule has 6 heteroatoms. The van der Waals surface area contributed by atoms with Gasteiger partial charge in [0.2, 0.25) is 10.0 Å². The molecule has 5 nitrogen and oxygen atoms in total. The lowest BCUT2D eigenvalue weighted by Crippen LogP contribution is -2.36. The molecule has 27 heavy (non-hydrogen) atoms. The molecule has 0 bridgehead atoms. The fourth-order valence-electron chi connectivity index (χ4n) is 2.66. The fraction of sp³-hybridized carbons (Fsp3) is 0.286. The molecule has 2 aromatic carbocycles. The van der Waals surface area contributed by atoms with Gasteiger partial charge in [-0.3, -0.25) is 4.98 Å². The van der Waals surface area contributed by atoms with E-state index in [2.05, 4.69) is 9.71 Å². The molecule has 144 valence electrons. The number of nitrogens with zero attached hydrogens (tertiary/aromatic N) is 1. The predicted octanol–water partition coefficient (Wildman–Crippen LogP) is 4.23. The lowest BCUT2D eigenvalue weighted by molar-refractivity contribution is 0.290. The number of sulfonamides is 1. The highest BCUT2D eigenvalue weighted by atomic mass is 32.2. The Labute approximate surface area is 161 Å². The smallest absolute Gasteiger partial charge is 0.240 e. The second-order valence-corrected chi connectivity index (χ2v) is 8.12. The Kier molecular flexibility index (Phi) is 6.57. The molecule has 0 amide bonds. The van der Waals surface area contributed by atoms with Gasteiger partial charge in [-0.15, -0.1) is 0 Å². The summed E-state index contributed by atoms with van der Waals surface area (Å²) in [6, 6.07) is 14.2. The monoisotopic (exact) mass is 386 g/mol. The summed E-state index contributed by atoms with van der Waals surface area (Å²) in [5.41, 5.74) is 2.85. The van der Waals surface area contributed by atoms with Crippen LogP contribution < -0.4 is 9.46 Å². The number of hydrogen-bond donors (Lipinski definition) is 1. The van der Waals surface area contributed by atoms with Crippen LogP contribution in [0.4, 0.5) is 0 Å². The number of ether oxygens (including phenoxy) is 1. The topological polar surface area (TPSA) is 68.3 Å². The van der Waals surface area contributed by atoms with Crippen LogP contribution in [0.1, 0.15) is 25.5 Å². The highest BCUT2D eigenvalue weighted by Gasteiger charge is 2.18. The zero-order valence-corrected chi connectivity index (χ0v) is 15.9. The van der Waals surface area contributed by atoms with Gasteiger partial charge in [-0.25, -0.2) is 13.1 Å². The molecule has 0 fully saturated rings. The number of aromatic nitrogens is 1. The molecule has 0 aliphatic heterocycles. The summed E-state index contributed by atoms with van der Waals surface area (Å²) in [4.78, 5) is 4.56. The molecule has 1 N–H and O–H groups in total. The van der Waals surface area contributed by atoms with E-state index in [9.17, 15) is 8.42 Å². The number of nitrogens with one attached hydrogen (secondary N) is 1. The number of benzene rings is 2. The van der Waals surface area contributed by atoms with Crippen molar-refractivity contribution in [2.75, 3.05) is 6.61 Å². The van der Waals surface area contributed by atoms with Crippen LogP contribution >= 0.6 is 0 Å². The van der Waals surface area contributed by atoms with Crippen molar-refractivity contribution in [2.24, 2.45) is 0 Å². The Morgan fingerprint density at radius 3 is 2.59 bits per heavy atom. The number of hydrogen-bond acceptors (Lipinski definition) is 4. The van der Waals surface area contributed by atoms with Crippen LogP contribution in [0.5, 0.6) is 5.75 Å². The molecule has 0 unspecified atom stereocenters. The second kappa shape index (κ2) is 8.50. The van der Waals surface area contributed by atoms with Gasteiger partial charge in [0, 0.05) is 11.6 Å². The van der Waals surface area contributed by atoms with Gasteiger partial charge in [0.25, 0.3) is 0 Å². The van der Waals surface area contributed by atoms with Gasteiger partial charge in [-0.1, -0.05) is 19.6 Å². The van der Waals surface area contributed by atoms with Crippen LogP contribution in [0.2, 0.25) is 0 Å². The first-order valence-corrected chi connectivity index (χ1v) is 9.91. The Morgan fingerprint density at radius 1 is 1.07 bits per heavy atom. The van der Waals surface area contributed by atoms with Crippen molar-refractivity contribution in [3.63, 3.8) is 0 Å². The van der Waals surface area contributed by atoms with Gasteiger partial charge in [-0.2, -0.15) is 0 Å². The summed E-state index contributed by atoms with van der Waals surface area (Å²) >= 11 is 0. The Balaban J connectivity index is 0.00000261. The van der Waals surface area contributed by atoms with E-state index in [0.29, 0.717) is 5.75 Å². The zero-order valence-electron chi connectivity index (χ0n) is 15.1. The van der Waals surface area contributed by atoms with Crippen molar-refractivity contribution in [2.45, 2.75) is 39.1 Å². The van der Waals surface area contributed by atoms with Gasteiger partial charge in [0.05, 0.1) is 16.5 Å². The molecular weight excluding hydrogens is 360 g/mol. The minimum atomic E-state index is -3.59. The minimum Gasteiger partial charge on any atom is -0.491 e. The molecule has 1 heterocycles. The summed E-state index contributed by atoms with van der Waals surface area (Å²) in [6.07, 6.45) is 1.73. The second-order valence-electron chi connectivity index (χ2n) is 6.41. The number of fused-ring (bicyclic) bond motifs is 1. The zero-order chi connectivity index (χ0) is 18.7. The van der Waals surface area contributed by atoms with Gasteiger partial charge >= 0.3 is 0 Å². The largest absolute Gasteiger partial charge is 0.491 e. The first-order chi connectivity index (χ1) is 12.4. The summed E-state index contributed by atoms with van der Waals surface area (Å²) < 4.78 is 33.6. The summed E-state index contributed by atoms with van der Waals surface area (Å²) in [5.74, 6) is 0.688. The van der Waals surface area contributed by atoms with E-state index in [1.54, 1.807) is 25.3 Å². The maximum Gasteiger partial charge on any atom is 0.240 e. The summed E-state index contributed by atoms with van der Waals surface area (Å²) in [5, 5.41) is 0.902. The highest BCUT2D eigenvalue weighted by molar-refractivity contribution is 7.89.